The lowest BCUT2D eigenvalue weighted by Crippen LogP contribution is -2.16. The molecule has 1 atom stereocenters. The van der Waals surface area contributed by atoms with Gasteiger partial charge in [-0.1, -0.05) is 23.7 Å². The number of para-hydroxylation sites is 1. The van der Waals surface area contributed by atoms with E-state index in [4.69, 9.17) is 11.6 Å². The summed E-state index contributed by atoms with van der Waals surface area (Å²) in [5.41, 5.74) is 3.71. The molecule has 0 fully saturated rings. The minimum atomic E-state index is 0.380. The first-order valence-electron chi connectivity index (χ1n) is 6.45. The van der Waals surface area contributed by atoms with Gasteiger partial charge in [0.2, 0.25) is 0 Å². The highest BCUT2D eigenvalue weighted by molar-refractivity contribution is 9.11. The number of hydrogen-bond acceptors (Lipinski definition) is 2. The maximum atomic E-state index is 6.31. The van der Waals surface area contributed by atoms with Gasteiger partial charge in [-0.05, 0) is 65.4 Å². The van der Waals surface area contributed by atoms with Crippen molar-refractivity contribution < 1.29 is 0 Å². The smallest absolute Gasteiger partial charge is 0.0705 e. The first-order valence-corrected chi connectivity index (χ1v) is 8.43. The van der Waals surface area contributed by atoms with Crippen molar-refractivity contribution in [3.05, 3.63) is 49.1 Å². The van der Waals surface area contributed by atoms with E-state index in [2.05, 4.69) is 40.3 Å². The molecule has 3 rings (SSSR count). The molecule has 2 aromatic rings. The second-order valence-corrected chi connectivity index (χ2v) is 7.87. The van der Waals surface area contributed by atoms with Crippen LogP contribution in [0.1, 0.15) is 34.9 Å². The maximum absolute atomic E-state index is 6.31. The molecule has 0 saturated carbocycles. The highest BCUT2D eigenvalue weighted by Crippen LogP contribution is 2.40. The lowest BCUT2D eigenvalue weighted by molar-refractivity contribution is 0.608. The molecule has 4 heteroatoms. The van der Waals surface area contributed by atoms with E-state index in [0.717, 1.165) is 10.7 Å². The van der Waals surface area contributed by atoms with Gasteiger partial charge in [-0.15, -0.1) is 11.3 Å². The minimum Gasteiger partial charge on any atom is -0.377 e. The van der Waals surface area contributed by atoms with Crippen molar-refractivity contribution >= 4 is 44.6 Å². The molecule has 0 spiro atoms. The van der Waals surface area contributed by atoms with E-state index >= 15 is 0 Å². The molecule has 1 aromatic carbocycles. The third-order valence-electron chi connectivity index (χ3n) is 3.62. The van der Waals surface area contributed by atoms with Crippen LogP contribution >= 0.6 is 38.9 Å². The molecule has 1 heterocycles. The largest absolute Gasteiger partial charge is 0.377 e. The van der Waals surface area contributed by atoms with Crippen LogP contribution in [0.15, 0.2) is 28.1 Å². The fourth-order valence-electron chi connectivity index (χ4n) is 2.66. The van der Waals surface area contributed by atoms with Gasteiger partial charge in [0.15, 0.2) is 0 Å². The van der Waals surface area contributed by atoms with Gasteiger partial charge < -0.3 is 5.32 Å². The topological polar surface area (TPSA) is 12.0 Å². The van der Waals surface area contributed by atoms with Crippen LogP contribution in [0, 0.1) is 6.92 Å². The number of thiophene rings is 1. The van der Waals surface area contributed by atoms with Gasteiger partial charge >= 0.3 is 0 Å². The van der Waals surface area contributed by atoms with Crippen LogP contribution in [-0.4, -0.2) is 0 Å². The van der Waals surface area contributed by atoms with Crippen molar-refractivity contribution in [3.8, 4) is 0 Å². The molecular weight excluding hydrogens is 342 g/mol. The monoisotopic (exact) mass is 355 g/mol. The molecule has 0 saturated heterocycles. The van der Waals surface area contributed by atoms with Crippen molar-refractivity contribution in [1.82, 2.24) is 0 Å². The average Bonchev–Trinajstić information content (AvgIpc) is 2.75. The van der Waals surface area contributed by atoms with Crippen molar-refractivity contribution in [2.75, 3.05) is 5.32 Å². The van der Waals surface area contributed by atoms with Gasteiger partial charge in [0.05, 0.1) is 20.5 Å². The number of nitrogens with one attached hydrogen (secondary N) is 1. The van der Waals surface area contributed by atoms with Crippen LogP contribution in [0.5, 0.6) is 0 Å². The molecule has 1 unspecified atom stereocenters. The molecule has 0 amide bonds. The lowest BCUT2D eigenvalue weighted by atomic mass is 9.93. The Balaban J connectivity index is 1.92. The Hall–Kier alpha value is -0.510. The first kappa shape index (κ1) is 13.5. The fraction of sp³-hybridized carbons (Fsp3) is 0.333. The summed E-state index contributed by atoms with van der Waals surface area (Å²) in [7, 11) is 0. The SMILES string of the molecule is Cc1cccc(Cl)c1NC1CCCc2sc(Br)cc21. The van der Waals surface area contributed by atoms with Gasteiger partial charge in [0, 0.05) is 4.88 Å². The van der Waals surface area contributed by atoms with Crippen LogP contribution in [0.3, 0.4) is 0 Å². The summed E-state index contributed by atoms with van der Waals surface area (Å²) >= 11 is 11.8. The zero-order chi connectivity index (χ0) is 13.4. The average molecular weight is 357 g/mol. The summed E-state index contributed by atoms with van der Waals surface area (Å²) in [5, 5.41) is 4.45. The molecule has 1 aliphatic carbocycles. The second kappa shape index (κ2) is 5.47. The standard InChI is InChI=1S/C15H15BrClNS/c1-9-4-2-5-11(17)15(9)18-12-6-3-7-13-10(12)8-14(16)19-13/h2,4-5,8,12,18H,3,6-7H2,1H3. The summed E-state index contributed by atoms with van der Waals surface area (Å²) in [4.78, 5) is 1.50. The Morgan fingerprint density at radius 2 is 2.26 bits per heavy atom. The molecule has 0 aliphatic heterocycles. The summed E-state index contributed by atoms with van der Waals surface area (Å²) in [6.45, 7) is 2.10. The second-order valence-electron chi connectivity index (χ2n) is 4.95. The fourth-order valence-corrected chi connectivity index (χ4v) is 4.76. The normalized spacial score (nSPS) is 18.2. The Kier molecular flexibility index (Phi) is 3.88. The summed E-state index contributed by atoms with van der Waals surface area (Å²) < 4.78 is 1.22. The van der Waals surface area contributed by atoms with Crippen LogP contribution in [0.4, 0.5) is 5.69 Å². The molecule has 19 heavy (non-hydrogen) atoms. The minimum absolute atomic E-state index is 0.380. The van der Waals surface area contributed by atoms with Crippen LogP contribution in [0.25, 0.3) is 0 Å². The van der Waals surface area contributed by atoms with E-state index in [9.17, 15) is 0 Å². The quantitative estimate of drug-likeness (QED) is 0.699. The summed E-state index contributed by atoms with van der Waals surface area (Å²) in [5.74, 6) is 0. The first-order chi connectivity index (χ1) is 9.15. The summed E-state index contributed by atoms with van der Waals surface area (Å²) in [6, 6.07) is 8.68. The number of halogens is 2. The van der Waals surface area contributed by atoms with E-state index in [1.54, 1.807) is 0 Å². The number of benzene rings is 1. The van der Waals surface area contributed by atoms with Crippen LogP contribution in [0.2, 0.25) is 5.02 Å². The van der Waals surface area contributed by atoms with Crippen LogP contribution < -0.4 is 5.32 Å². The molecule has 1 N–H and O–H groups in total. The van der Waals surface area contributed by atoms with Gasteiger partial charge in [0.1, 0.15) is 0 Å². The van der Waals surface area contributed by atoms with Gasteiger partial charge in [0.25, 0.3) is 0 Å². The number of hydrogen-bond donors (Lipinski definition) is 1. The van der Waals surface area contributed by atoms with Gasteiger partial charge in [-0.25, -0.2) is 0 Å². The molecule has 1 aliphatic rings. The Morgan fingerprint density at radius 1 is 1.42 bits per heavy atom. The Morgan fingerprint density at radius 3 is 3.05 bits per heavy atom. The van der Waals surface area contributed by atoms with Crippen LogP contribution in [-0.2, 0) is 6.42 Å². The number of rotatable bonds is 2. The summed E-state index contributed by atoms with van der Waals surface area (Å²) in [6.07, 6.45) is 3.60. The maximum Gasteiger partial charge on any atom is 0.0705 e. The third-order valence-corrected chi connectivity index (χ3v) is 5.65. The zero-order valence-corrected chi connectivity index (χ0v) is 13.8. The van der Waals surface area contributed by atoms with Gasteiger partial charge in [-0.2, -0.15) is 0 Å². The number of aryl methyl sites for hydroxylation is 2. The van der Waals surface area contributed by atoms with E-state index in [0.29, 0.717) is 6.04 Å². The molecule has 1 nitrogen and oxygen atoms in total. The highest BCUT2D eigenvalue weighted by atomic mass is 79.9. The van der Waals surface area contributed by atoms with E-state index in [1.165, 1.54) is 39.1 Å². The molecule has 100 valence electrons. The Bertz CT molecular complexity index is 588. The van der Waals surface area contributed by atoms with Crippen molar-refractivity contribution in [3.63, 3.8) is 0 Å². The molecule has 1 aromatic heterocycles. The van der Waals surface area contributed by atoms with E-state index in [1.807, 2.05) is 23.5 Å². The van der Waals surface area contributed by atoms with Gasteiger partial charge in [-0.3, -0.25) is 0 Å². The van der Waals surface area contributed by atoms with E-state index in [-0.39, 0.29) is 0 Å². The zero-order valence-electron chi connectivity index (χ0n) is 10.7. The van der Waals surface area contributed by atoms with Crippen molar-refractivity contribution in [1.29, 1.82) is 0 Å². The third kappa shape index (κ3) is 2.69. The predicted molar refractivity (Wildman–Crippen MR) is 87.5 cm³/mol. The molecule has 0 radical (unpaired) electrons. The Labute approximate surface area is 131 Å². The molecular formula is C15H15BrClNS. The number of fused-ring (bicyclic) bond motifs is 1. The lowest BCUT2D eigenvalue weighted by Gasteiger charge is -2.26. The molecule has 0 bridgehead atoms. The van der Waals surface area contributed by atoms with Crippen molar-refractivity contribution in [2.24, 2.45) is 0 Å². The van der Waals surface area contributed by atoms with Crippen molar-refractivity contribution in [2.45, 2.75) is 32.2 Å². The highest BCUT2D eigenvalue weighted by Gasteiger charge is 2.23. The number of anilines is 1. The van der Waals surface area contributed by atoms with E-state index < -0.39 is 0 Å². The predicted octanol–water partition coefficient (Wildman–Crippen LogP) is 5.96.